The third-order valence-electron chi connectivity index (χ3n) is 2.56. The molecule has 1 aromatic heterocycles. The highest BCUT2D eigenvalue weighted by atomic mass is 35.5. The van der Waals surface area contributed by atoms with Crippen LogP contribution in [0.5, 0.6) is 0 Å². The van der Waals surface area contributed by atoms with E-state index in [1.165, 1.54) is 11.3 Å². The summed E-state index contributed by atoms with van der Waals surface area (Å²) in [6.07, 6.45) is 0.657. The van der Waals surface area contributed by atoms with Crippen LogP contribution in [0.1, 0.15) is 16.1 Å². The summed E-state index contributed by atoms with van der Waals surface area (Å²) in [5.41, 5.74) is 0. The number of rotatable bonds is 2. The third kappa shape index (κ3) is 2.05. The first-order valence-electron chi connectivity index (χ1n) is 4.88. The van der Waals surface area contributed by atoms with Crippen molar-refractivity contribution in [3.05, 3.63) is 21.3 Å². The van der Waals surface area contributed by atoms with E-state index in [1.807, 2.05) is 0 Å². The van der Waals surface area contributed by atoms with Crippen molar-refractivity contribution in [2.24, 2.45) is 0 Å². The summed E-state index contributed by atoms with van der Waals surface area (Å²) >= 11 is 7.11. The molecule has 2 amide bonds. The second-order valence-electron chi connectivity index (χ2n) is 3.67. The summed E-state index contributed by atoms with van der Waals surface area (Å²) in [7, 11) is 1.73. The first-order chi connectivity index (χ1) is 7.59. The number of thiophene rings is 1. The molecular formula is C10H11ClN2O2S. The first kappa shape index (κ1) is 11.4. The van der Waals surface area contributed by atoms with E-state index in [-0.39, 0.29) is 11.8 Å². The number of carbonyl (C=O) groups is 2. The molecule has 1 aromatic rings. The number of nitrogens with one attached hydrogen (secondary N) is 1. The van der Waals surface area contributed by atoms with E-state index in [1.54, 1.807) is 23.4 Å². The monoisotopic (exact) mass is 258 g/mol. The SMILES string of the molecule is CN1CC[C@H](NC(=O)c2sccc2Cl)C1=O. The summed E-state index contributed by atoms with van der Waals surface area (Å²) < 4.78 is 0. The molecule has 86 valence electrons. The molecule has 4 nitrogen and oxygen atoms in total. The van der Waals surface area contributed by atoms with Crippen molar-refractivity contribution in [3.8, 4) is 0 Å². The lowest BCUT2D eigenvalue weighted by molar-refractivity contribution is -0.128. The zero-order valence-electron chi connectivity index (χ0n) is 8.70. The Morgan fingerprint density at radius 3 is 2.94 bits per heavy atom. The number of nitrogens with zero attached hydrogens (tertiary/aromatic N) is 1. The fourth-order valence-electron chi connectivity index (χ4n) is 1.64. The lowest BCUT2D eigenvalue weighted by atomic mass is 10.2. The number of likely N-dealkylation sites (N-methyl/N-ethyl adjacent to an activating group) is 1. The Kier molecular flexibility index (Phi) is 3.16. The van der Waals surface area contributed by atoms with Gasteiger partial charge in [0.25, 0.3) is 5.91 Å². The van der Waals surface area contributed by atoms with Gasteiger partial charge in [-0.1, -0.05) is 11.6 Å². The van der Waals surface area contributed by atoms with Crippen LogP contribution in [0, 0.1) is 0 Å². The second-order valence-corrected chi connectivity index (χ2v) is 5.00. The zero-order valence-corrected chi connectivity index (χ0v) is 10.3. The number of likely N-dealkylation sites (tertiary alicyclic amines) is 1. The van der Waals surface area contributed by atoms with Crippen molar-refractivity contribution < 1.29 is 9.59 Å². The van der Waals surface area contributed by atoms with Gasteiger partial charge in [0.1, 0.15) is 10.9 Å². The Morgan fingerprint density at radius 1 is 1.69 bits per heavy atom. The van der Waals surface area contributed by atoms with Crippen LogP contribution in [0.4, 0.5) is 0 Å². The molecule has 1 aliphatic rings. The molecule has 0 saturated carbocycles. The van der Waals surface area contributed by atoms with Crippen molar-refractivity contribution in [1.82, 2.24) is 10.2 Å². The van der Waals surface area contributed by atoms with Gasteiger partial charge in [-0.25, -0.2) is 0 Å². The predicted octanol–water partition coefficient (Wildman–Crippen LogP) is 1.36. The summed E-state index contributed by atoms with van der Waals surface area (Å²) in [5, 5.41) is 4.88. The Balaban J connectivity index is 2.04. The van der Waals surface area contributed by atoms with Crippen molar-refractivity contribution in [2.75, 3.05) is 13.6 Å². The average Bonchev–Trinajstić information content (AvgIpc) is 2.79. The van der Waals surface area contributed by atoms with E-state index in [0.29, 0.717) is 22.9 Å². The molecule has 1 saturated heterocycles. The maximum absolute atomic E-state index is 11.8. The van der Waals surface area contributed by atoms with Crippen LogP contribution in [0.3, 0.4) is 0 Å². The molecule has 6 heteroatoms. The Labute approximate surface area is 102 Å². The highest BCUT2D eigenvalue weighted by Gasteiger charge is 2.30. The molecule has 16 heavy (non-hydrogen) atoms. The normalized spacial score (nSPS) is 20.2. The maximum atomic E-state index is 11.8. The molecule has 0 radical (unpaired) electrons. The average molecular weight is 259 g/mol. The van der Waals surface area contributed by atoms with Gasteiger partial charge in [-0.3, -0.25) is 9.59 Å². The van der Waals surface area contributed by atoms with Gasteiger partial charge in [-0.15, -0.1) is 11.3 Å². The van der Waals surface area contributed by atoms with Gasteiger partial charge in [-0.2, -0.15) is 0 Å². The molecule has 0 aliphatic carbocycles. The number of amides is 2. The molecule has 1 aliphatic heterocycles. The quantitative estimate of drug-likeness (QED) is 0.871. The third-order valence-corrected chi connectivity index (χ3v) is 3.90. The van der Waals surface area contributed by atoms with Crippen LogP contribution in [0.25, 0.3) is 0 Å². The van der Waals surface area contributed by atoms with Gasteiger partial charge >= 0.3 is 0 Å². The number of halogens is 1. The van der Waals surface area contributed by atoms with Crippen LogP contribution in [-0.4, -0.2) is 36.3 Å². The lowest BCUT2D eigenvalue weighted by Gasteiger charge is -2.11. The van der Waals surface area contributed by atoms with E-state index in [9.17, 15) is 9.59 Å². The standard InChI is InChI=1S/C10H11ClN2O2S/c1-13-4-2-7(10(13)15)12-9(14)8-6(11)3-5-16-8/h3,5,7H,2,4H2,1H3,(H,12,14)/t7-/m0/s1. The number of hydrogen-bond acceptors (Lipinski definition) is 3. The van der Waals surface area contributed by atoms with E-state index in [4.69, 9.17) is 11.6 Å². The Bertz CT molecular complexity index is 432. The highest BCUT2D eigenvalue weighted by molar-refractivity contribution is 7.12. The van der Waals surface area contributed by atoms with Crippen LogP contribution in [0.2, 0.25) is 5.02 Å². The molecule has 1 fully saturated rings. The van der Waals surface area contributed by atoms with Crippen molar-refractivity contribution in [3.63, 3.8) is 0 Å². The highest BCUT2D eigenvalue weighted by Crippen LogP contribution is 2.22. The topological polar surface area (TPSA) is 49.4 Å². The van der Waals surface area contributed by atoms with Gasteiger partial charge in [0.05, 0.1) is 5.02 Å². The van der Waals surface area contributed by atoms with Gasteiger partial charge in [0.15, 0.2) is 0 Å². The van der Waals surface area contributed by atoms with Crippen LogP contribution in [-0.2, 0) is 4.79 Å². The minimum Gasteiger partial charge on any atom is -0.344 e. The fourth-order valence-corrected chi connectivity index (χ4v) is 2.68. The van der Waals surface area contributed by atoms with Gasteiger partial charge in [0.2, 0.25) is 5.91 Å². The van der Waals surface area contributed by atoms with E-state index in [0.717, 1.165) is 0 Å². The van der Waals surface area contributed by atoms with E-state index < -0.39 is 6.04 Å². The largest absolute Gasteiger partial charge is 0.344 e. The zero-order chi connectivity index (χ0) is 11.7. The molecular weight excluding hydrogens is 248 g/mol. The van der Waals surface area contributed by atoms with Crippen molar-refractivity contribution in [1.29, 1.82) is 0 Å². The first-order valence-corrected chi connectivity index (χ1v) is 6.14. The van der Waals surface area contributed by atoms with Crippen molar-refractivity contribution in [2.45, 2.75) is 12.5 Å². The number of carbonyl (C=O) groups excluding carboxylic acids is 2. The fraction of sp³-hybridized carbons (Fsp3) is 0.400. The summed E-state index contributed by atoms with van der Waals surface area (Å²) in [4.78, 5) is 25.4. The van der Waals surface area contributed by atoms with Crippen molar-refractivity contribution >= 4 is 34.8 Å². The molecule has 1 N–H and O–H groups in total. The van der Waals surface area contributed by atoms with Crippen LogP contribution < -0.4 is 5.32 Å². The lowest BCUT2D eigenvalue weighted by Crippen LogP contribution is -2.40. The maximum Gasteiger partial charge on any atom is 0.263 e. The summed E-state index contributed by atoms with van der Waals surface area (Å²) in [6.45, 7) is 0.682. The smallest absolute Gasteiger partial charge is 0.263 e. The Hall–Kier alpha value is -1.07. The van der Waals surface area contributed by atoms with Gasteiger partial charge in [-0.05, 0) is 17.9 Å². The van der Waals surface area contributed by atoms with E-state index >= 15 is 0 Å². The molecule has 0 unspecified atom stereocenters. The molecule has 0 aromatic carbocycles. The van der Waals surface area contributed by atoms with Crippen LogP contribution in [0.15, 0.2) is 11.4 Å². The molecule has 0 spiro atoms. The minimum absolute atomic E-state index is 0.0407. The van der Waals surface area contributed by atoms with Gasteiger partial charge < -0.3 is 10.2 Å². The second kappa shape index (κ2) is 4.43. The number of hydrogen-bond donors (Lipinski definition) is 1. The molecule has 0 bridgehead atoms. The van der Waals surface area contributed by atoms with Crippen LogP contribution >= 0.6 is 22.9 Å². The summed E-state index contributed by atoms with van der Waals surface area (Å²) in [6, 6.07) is 1.26. The molecule has 1 atom stereocenters. The predicted molar refractivity (Wildman–Crippen MR) is 62.8 cm³/mol. The summed E-state index contributed by atoms with van der Waals surface area (Å²) in [5.74, 6) is -0.310. The molecule has 2 rings (SSSR count). The Morgan fingerprint density at radius 2 is 2.44 bits per heavy atom. The minimum atomic E-state index is -0.407. The molecule has 2 heterocycles. The van der Waals surface area contributed by atoms with E-state index in [2.05, 4.69) is 5.32 Å². The van der Waals surface area contributed by atoms with Gasteiger partial charge in [0, 0.05) is 13.6 Å².